The van der Waals surface area contributed by atoms with E-state index in [0.717, 1.165) is 16.7 Å². The molecular weight excluding hydrogens is 446 g/mol. The Hall–Kier alpha value is -3.07. The lowest BCUT2D eigenvalue weighted by Crippen LogP contribution is -2.55. The van der Waals surface area contributed by atoms with Crippen LogP contribution in [0.4, 0.5) is 0 Å². The number of pyridine rings is 1. The van der Waals surface area contributed by atoms with E-state index in [2.05, 4.69) is 18.0 Å². The molecule has 9 heteroatoms. The summed E-state index contributed by atoms with van der Waals surface area (Å²) in [6, 6.07) is 7.99. The highest BCUT2D eigenvalue weighted by atomic mass is 32.2. The molecule has 1 saturated heterocycles. The van der Waals surface area contributed by atoms with Gasteiger partial charge in [0.15, 0.2) is 23.7 Å². The van der Waals surface area contributed by atoms with Gasteiger partial charge < -0.3 is 18.9 Å². The van der Waals surface area contributed by atoms with Gasteiger partial charge in [-0.3, -0.25) is 19.4 Å². The molecule has 0 N–H and O–H groups in total. The smallest absolute Gasteiger partial charge is 0.303 e. The largest absolute Gasteiger partial charge is 0.474 e. The number of thioether (sulfide) groups is 1. The number of esters is 3. The molecule has 0 radical (unpaired) electrons. The molecule has 3 rings (SSSR count). The van der Waals surface area contributed by atoms with Crippen LogP contribution >= 0.6 is 11.8 Å². The molecule has 8 nitrogen and oxygen atoms in total. The zero-order valence-electron chi connectivity index (χ0n) is 19.2. The zero-order valence-corrected chi connectivity index (χ0v) is 20.0. The first-order chi connectivity index (χ1) is 15.6. The van der Waals surface area contributed by atoms with Crippen molar-refractivity contribution in [1.29, 1.82) is 0 Å². The van der Waals surface area contributed by atoms with Gasteiger partial charge in [0.1, 0.15) is 5.75 Å². The van der Waals surface area contributed by atoms with Crippen LogP contribution in [0.3, 0.4) is 0 Å². The van der Waals surface area contributed by atoms with Crippen LogP contribution in [-0.4, -0.2) is 52.4 Å². The van der Waals surface area contributed by atoms with Crippen molar-refractivity contribution < 1.29 is 33.3 Å². The Morgan fingerprint density at radius 2 is 1.52 bits per heavy atom. The van der Waals surface area contributed by atoms with E-state index < -0.39 is 41.7 Å². The fourth-order valence-corrected chi connectivity index (χ4v) is 4.72. The Kier molecular flexibility index (Phi) is 7.97. The summed E-state index contributed by atoms with van der Waals surface area (Å²) in [6.45, 7) is 7.86. The minimum Gasteiger partial charge on any atom is -0.474 e. The Bertz CT molecular complexity index is 1040. The average Bonchev–Trinajstić information content (AvgIpc) is 2.73. The van der Waals surface area contributed by atoms with E-state index >= 15 is 0 Å². The molecule has 1 aromatic heterocycles. The van der Waals surface area contributed by atoms with Gasteiger partial charge in [0.2, 0.25) is 0 Å². The summed E-state index contributed by atoms with van der Waals surface area (Å²) in [5, 5.41) is 0. The van der Waals surface area contributed by atoms with Crippen molar-refractivity contribution in [3.8, 4) is 16.9 Å². The normalized spacial score (nSPS) is 22.2. The first-order valence-corrected chi connectivity index (χ1v) is 11.5. The number of aromatic nitrogens is 1. The summed E-state index contributed by atoms with van der Waals surface area (Å²) in [5.41, 5.74) is 3.52. The van der Waals surface area contributed by atoms with E-state index in [9.17, 15) is 14.4 Å². The molecular formula is C24H27NO7S. The lowest BCUT2D eigenvalue weighted by Gasteiger charge is -2.39. The van der Waals surface area contributed by atoms with Gasteiger partial charge in [0, 0.05) is 38.3 Å². The van der Waals surface area contributed by atoms with Gasteiger partial charge in [0.25, 0.3) is 0 Å². The molecule has 4 atom stereocenters. The van der Waals surface area contributed by atoms with Crippen LogP contribution in [-0.2, 0) is 28.6 Å². The molecule has 0 bridgehead atoms. The van der Waals surface area contributed by atoms with E-state index in [0.29, 0.717) is 11.5 Å². The maximum Gasteiger partial charge on any atom is 0.303 e. The fourth-order valence-electron chi connectivity index (χ4n) is 3.51. The van der Waals surface area contributed by atoms with Crippen molar-refractivity contribution in [2.45, 2.75) is 58.4 Å². The summed E-state index contributed by atoms with van der Waals surface area (Å²) < 4.78 is 22.3. The SMILES string of the molecule is CC(=O)O[C@@H]1[C@@H](OC(C)=O)[C@H](OC(C)=O)CS[C@H]1Oc1cncc(-c2ccc(C)c(C)c2)c1. The first-order valence-electron chi connectivity index (χ1n) is 10.5. The molecule has 0 unspecified atom stereocenters. The Labute approximate surface area is 197 Å². The molecule has 33 heavy (non-hydrogen) atoms. The summed E-state index contributed by atoms with van der Waals surface area (Å²) in [6.07, 6.45) is 0.541. The van der Waals surface area contributed by atoms with Crippen LogP contribution in [0, 0.1) is 13.8 Å². The third kappa shape index (κ3) is 6.47. The molecule has 1 aliphatic heterocycles. The van der Waals surface area contributed by atoms with Crippen LogP contribution in [0.15, 0.2) is 36.7 Å². The number of ether oxygens (including phenoxy) is 4. The molecule has 2 heterocycles. The number of aryl methyl sites for hydroxylation is 2. The van der Waals surface area contributed by atoms with E-state index in [1.54, 1.807) is 12.4 Å². The van der Waals surface area contributed by atoms with Crippen molar-refractivity contribution in [2.75, 3.05) is 5.75 Å². The summed E-state index contributed by atoms with van der Waals surface area (Å²) in [4.78, 5) is 39.4. The molecule has 2 aromatic rings. The van der Waals surface area contributed by atoms with E-state index in [1.165, 1.54) is 38.1 Å². The maximum atomic E-state index is 11.8. The average molecular weight is 474 g/mol. The lowest BCUT2D eigenvalue weighted by atomic mass is 10.0. The van der Waals surface area contributed by atoms with Crippen molar-refractivity contribution in [2.24, 2.45) is 0 Å². The van der Waals surface area contributed by atoms with Crippen molar-refractivity contribution >= 4 is 29.7 Å². The highest BCUT2D eigenvalue weighted by Crippen LogP contribution is 2.35. The number of hydrogen-bond acceptors (Lipinski definition) is 9. The number of carbonyl (C=O) groups excluding carboxylic acids is 3. The molecule has 0 aliphatic carbocycles. The number of carbonyl (C=O) groups is 3. The van der Waals surface area contributed by atoms with Crippen molar-refractivity contribution in [1.82, 2.24) is 4.98 Å². The molecule has 1 fully saturated rings. The van der Waals surface area contributed by atoms with Gasteiger partial charge in [-0.25, -0.2) is 0 Å². The van der Waals surface area contributed by atoms with E-state index in [-0.39, 0.29) is 0 Å². The third-order valence-corrected chi connectivity index (χ3v) is 6.32. The number of hydrogen-bond donors (Lipinski definition) is 0. The topological polar surface area (TPSA) is 101 Å². The van der Waals surface area contributed by atoms with Gasteiger partial charge in [-0.1, -0.05) is 18.2 Å². The minimum atomic E-state index is -1.00. The Morgan fingerprint density at radius 3 is 2.15 bits per heavy atom. The van der Waals surface area contributed by atoms with Gasteiger partial charge in [-0.05, 0) is 36.6 Å². The highest BCUT2D eigenvalue weighted by molar-refractivity contribution is 7.99. The fraction of sp³-hybridized carbons (Fsp3) is 0.417. The van der Waals surface area contributed by atoms with Crippen molar-refractivity contribution in [3.05, 3.63) is 47.8 Å². The quantitative estimate of drug-likeness (QED) is 0.460. The van der Waals surface area contributed by atoms with Gasteiger partial charge in [-0.15, -0.1) is 11.8 Å². The second kappa shape index (κ2) is 10.7. The lowest BCUT2D eigenvalue weighted by molar-refractivity contribution is -0.186. The summed E-state index contributed by atoms with van der Waals surface area (Å²) in [7, 11) is 0. The Balaban J connectivity index is 1.87. The second-order valence-electron chi connectivity index (χ2n) is 7.82. The van der Waals surface area contributed by atoms with E-state index in [4.69, 9.17) is 18.9 Å². The minimum absolute atomic E-state index is 0.296. The number of benzene rings is 1. The van der Waals surface area contributed by atoms with Crippen LogP contribution in [0.1, 0.15) is 31.9 Å². The molecule has 1 aromatic carbocycles. The molecule has 0 spiro atoms. The van der Waals surface area contributed by atoms with E-state index in [1.807, 2.05) is 25.1 Å². The van der Waals surface area contributed by atoms with Crippen LogP contribution < -0.4 is 4.74 Å². The Morgan fingerprint density at radius 1 is 0.848 bits per heavy atom. The molecule has 0 saturated carbocycles. The molecule has 0 amide bonds. The van der Waals surface area contributed by atoms with Crippen molar-refractivity contribution in [3.63, 3.8) is 0 Å². The molecule has 1 aliphatic rings. The standard InChI is InChI=1S/C24H27NO7S/c1-13-6-7-18(8-14(13)2)19-9-20(11-25-10-19)32-24-23(31-17(5)28)22(30-16(4)27)21(12-33-24)29-15(3)26/h6-11,21-24H,12H2,1-5H3/t21-,22+,23-,24-/m1/s1. The predicted molar refractivity (Wildman–Crippen MR) is 123 cm³/mol. The highest BCUT2D eigenvalue weighted by Gasteiger charge is 2.47. The zero-order chi connectivity index (χ0) is 24.1. The monoisotopic (exact) mass is 473 g/mol. The second-order valence-corrected chi connectivity index (χ2v) is 8.96. The third-order valence-electron chi connectivity index (χ3n) is 5.11. The molecule has 176 valence electrons. The maximum absolute atomic E-state index is 11.8. The predicted octanol–water partition coefficient (Wildman–Crippen LogP) is 3.61. The summed E-state index contributed by atoms with van der Waals surface area (Å²) >= 11 is 1.30. The van der Waals surface area contributed by atoms with Gasteiger partial charge in [0.05, 0.1) is 6.20 Å². The first kappa shape index (κ1) is 24.6. The van der Waals surface area contributed by atoms with Crippen LogP contribution in [0.5, 0.6) is 5.75 Å². The number of nitrogens with zero attached hydrogens (tertiary/aromatic N) is 1. The van der Waals surface area contributed by atoms with Crippen LogP contribution in [0.25, 0.3) is 11.1 Å². The van der Waals surface area contributed by atoms with Gasteiger partial charge >= 0.3 is 17.9 Å². The summed E-state index contributed by atoms with van der Waals surface area (Å²) in [5.74, 6) is -0.920. The number of rotatable bonds is 6. The van der Waals surface area contributed by atoms with Crippen LogP contribution in [0.2, 0.25) is 0 Å². The van der Waals surface area contributed by atoms with Gasteiger partial charge in [-0.2, -0.15) is 0 Å².